The number of aromatic nitrogens is 2. The topological polar surface area (TPSA) is 17.8 Å². The molecule has 0 radical (unpaired) electrons. The zero-order chi connectivity index (χ0) is 13.6. The lowest BCUT2D eigenvalue weighted by Crippen LogP contribution is -2.03. The summed E-state index contributed by atoms with van der Waals surface area (Å²) in [6.45, 7) is 0.743. The smallest absolute Gasteiger partial charge is 0.111 e. The average Bonchev–Trinajstić information content (AvgIpc) is 2.94. The van der Waals surface area contributed by atoms with Crippen molar-refractivity contribution in [2.45, 2.75) is 6.54 Å². The van der Waals surface area contributed by atoms with Gasteiger partial charge in [0.15, 0.2) is 0 Å². The average molecular weight is 258 g/mol. The van der Waals surface area contributed by atoms with Crippen molar-refractivity contribution in [2.24, 2.45) is 0 Å². The largest absolute Gasteiger partial charge is 0.253 e. The molecule has 0 fully saturated rings. The van der Waals surface area contributed by atoms with Crippen molar-refractivity contribution in [1.82, 2.24) is 9.78 Å². The van der Waals surface area contributed by atoms with E-state index in [1.807, 2.05) is 59.3 Å². The van der Waals surface area contributed by atoms with Crippen molar-refractivity contribution in [3.8, 4) is 11.8 Å². The van der Waals surface area contributed by atoms with Crippen molar-refractivity contribution in [3.63, 3.8) is 0 Å². The van der Waals surface area contributed by atoms with Crippen LogP contribution in [0.4, 0.5) is 0 Å². The van der Waals surface area contributed by atoms with Gasteiger partial charge >= 0.3 is 0 Å². The maximum Gasteiger partial charge on any atom is 0.111 e. The van der Waals surface area contributed by atoms with Crippen LogP contribution in [0.5, 0.6) is 0 Å². The molecule has 0 aliphatic rings. The van der Waals surface area contributed by atoms with Gasteiger partial charge in [0.05, 0.1) is 12.7 Å². The lowest BCUT2D eigenvalue weighted by atomic mass is 10.2. The molecule has 0 saturated heterocycles. The van der Waals surface area contributed by atoms with Crippen LogP contribution in [0.1, 0.15) is 16.8 Å². The monoisotopic (exact) mass is 258 g/mol. The normalized spacial score (nSPS) is 9.80. The van der Waals surface area contributed by atoms with Crippen LogP contribution in [0.2, 0.25) is 0 Å². The van der Waals surface area contributed by atoms with Gasteiger partial charge < -0.3 is 0 Å². The highest BCUT2D eigenvalue weighted by atomic mass is 15.3. The molecule has 2 aromatic carbocycles. The third-order valence-electron chi connectivity index (χ3n) is 3.00. The maximum atomic E-state index is 4.34. The molecule has 3 rings (SSSR count). The molecule has 96 valence electrons. The van der Waals surface area contributed by atoms with E-state index >= 15 is 0 Å². The van der Waals surface area contributed by atoms with Crippen molar-refractivity contribution < 1.29 is 0 Å². The van der Waals surface area contributed by atoms with E-state index in [2.05, 4.69) is 29.1 Å². The van der Waals surface area contributed by atoms with Crippen LogP contribution in [0, 0.1) is 11.8 Å². The van der Waals surface area contributed by atoms with Gasteiger partial charge in [-0.2, -0.15) is 5.10 Å². The van der Waals surface area contributed by atoms with E-state index < -0.39 is 0 Å². The number of hydrogen-bond donors (Lipinski definition) is 0. The molecular weight excluding hydrogens is 244 g/mol. The molecule has 2 heteroatoms. The van der Waals surface area contributed by atoms with E-state index in [-0.39, 0.29) is 0 Å². The van der Waals surface area contributed by atoms with Gasteiger partial charge in [-0.25, -0.2) is 0 Å². The van der Waals surface area contributed by atoms with Crippen molar-refractivity contribution in [1.29, 1.82) is 0 Å². The fourth-order valence-electron chi connectivity index (χ4n) is 1.98. The molecule has 0 aliphatic carbocycles. The third-order valence-corrected chi connectivity index (χ3v) is 3.00. The van der Waals surface area contributed by atoms with E-state index in [1.54, 1.807) is 6.20 Å². The quantitative estimate of drug-likeness (QED) is 0.645. The van der Waals surface area contributed by atoms with Crippen LogP contribution >= 0.6 is 0 Å². The maximum absolute atomic E-state index is 4.34. The zero-order valence-corrected chi connectivity index (χ0v) is 11.0. The minimum absolute atomic E-state index is 0.743. The Balaban J connectivity index is 1.83. The molecule has 0 saturated carbocycles. The Morgan fingerprint density at radius 2 is 1.50 bits per heavy atom. The first-order valence-electron chi connectivity index (χ1n) is 6.54. The molecule has 0 atom stereocenters. The number of rotatable bonds is 2. The van der Waals surface area contributed by atoms with Gasteiger partial charge in [-0.3, -0.25) is 4.68 Å². The molecule has 3 aromatic rings. The minimum atomic E-state index is 0.743. The highest BCUT2D eigenvalue weighted by molar-refractivity contribution is 5.39. The number of hydrogen-bond acceptors (Lipinski definition) is 1. The van der Waals surface area contributed by atoms with E-state index in [1.165, 1.54) is 5.56 Å². The fraction of sp³-hybridized carbons (Fsp3) is 0.0556. The van der Waals surface area contributed by atoms with Gasteiger partial charge in [-0.05, 0) is 29.7 Å². The van der Waals surface area contributed by atoms with E-state index in [0.717, 1.165) is 17.8 Å². The van der Waals surface area contributed by atoms with Crippen LogP contribution in [0.25, 0.3) is 0 Å². The second-order valence-corrected chi connectivity index (χ2v) is 4.48. The first kappa shape index (κ1) is 12.3. The van der Waals surface area contributed by atoms with Gasteiger partial charge in [0, 0.05) is 5.56 Å². The van der Waals surface area contributed by atoms with Gasteiger partial charge in [-0.15, -0.1) is 0 Å². The number of benzene rings is 2. The Labute approximate surface area is 118 Å². The second kappa shape index (κ2) is 5.90. The predicted octanol–water partition coefficient (Wildman–Crippen LogP) is 3.33. The van der Waals surface area contributed by atoms with Crippen molar-refractivity contribution >= 4 is 0 Å². The Morgan fingerprint density at radius 1 is 0.800 bits per heavy atom. The predicted molar refractivity (Wildman–Crippen MR) is 80.2 cm³/mol. The van der Waals surface area contributed by atoms with Gasteiger partial charge in [0.25, 0.3) is 0 Å². The summed E-state index contributed by atoms with van der Waals surface area (Å²) in [4.78, 5) is 0. The van der Waals surface area contributed by atoms with Crippen molar-refractivity contribution in [3.05, 3.63) is 89.7 Å². The first-order valence-corrected chi connectivity index (χ1v) is 6.54. The first-order chi connectivity index (χ1) is 9.92. The summed E-state index contributed by atoms with van der Waals surface area (Å²) in [6.07, 6.45) is 1.79. The molecule has 0 spiro atoms. The Hall–Kier alpha value is -2.79. The van der Waals surface area contributed by atoms with Crippen LogP contribution in [-0.2, 0) is 6.54 Å². The van der Waals surface area contributed by atoms with Crippen LogP contribution < -0.4 is 0 Å². The summed E-state index contributed by atoms with van der Waals surface area (Å²) in [7, 11) is 0. The summed E-state index contributed by atoms with van der Waals surface area (Å²) < 4.78 is 1.92. The molecule has 0 N–H and O–H groups in total. The Morgan fingerprint density at radius 3 is 2.25 bits per heavy atom. The molecule has 0 bridgehead atoms. The molecule has 2 nitrogen and oxygen atoms in total. The molecule has 20 heavy (non-hydrogen) atoms. The lowest BCUT2D eigenvalue weighted by molar-refractivity contribution is 0.679. The standard InChI is InChI=1S/C18H14N2/c1-3-7-16(8-4-1)11-12-18-13-14-19-20(18)15-17-9-5-2-6-10-17/h1-10,13-14H,15H2. The molecule has 1 aromatic heterocycles. The van der Waals surface area contributed by atoms with Gasteiger partial charge in [0.2, 0.25) is 0 Å². The van der Waals surface area contributed by atoms with E-state index in [0.29, 0.717) is 0 Å². The van der Waals surface area contributed by atoms with Crippen LogP contribution in [0.3, 0.4) is 0 Å². The van der Waals surface area contributed by atoms with Crippen molar-refractivity contribution in [2.75, 3.05) is 0 Å². The van der Waals surface area contributed by atoms with Crippen LogP contribution in [-0.4, -0.2) is 9.78 Å². The summed E-state index contributed by atoms with van der Waals surface area (Å²) in [5.74, 6) is 6.34. The zero-order valence-electron chi connectivity index (χ0n) is 11.0. The molecule has 0 amide bonds. The fourth-order valence-corrected chi connectivity index (χ4v) is 1.98. The second-order valence-electron chi connectivity index (χ2n) is 4.48. The summed E-state index contributed by atoms with van der Waals surface area (Å²) in [6, 6.07) is 22.2. The Kier molecular flexibility index (Phi) is 3.62. The molecule has 0 unspecified atom stereocenters. The minimum Gasteiger partial charge on any atom is -0.253 e. The Bertz CT molecular complexity index is 731. The third kappa shape index (κ3) is 2.96. The van der Waals surface area contributed by atoms with Gasteiger partial charge in [0.1, 0.15) is 5.69 Å². The van der Waals surface area contributed by atoms with E-state index in [4.69, 9.17) is 0 Å². The summed E-state index contributed by atoms with van der Waals surface area (Å²) >= 11 is 0. The molecule has 0 aliphatic heterocycles. The lowest BCUT2D eigenvalue weighted by Gasteiger charge is -2.03. The molecule has 1 heterocycles. The van der Waals surface area contributed by atoms with E-state index in [9.17, 15) is 0 Å². The van der Waals surface area contributed by atoms with Crippen LogP contribution in [0.15, 0.2) is 72.9 Å². The molecular formula is C18H14N2. The highest BCUT2D eigenvalue weighted by Crippen LogP contribution is 2.05. The SMILES string of the molecule is C(#Cc1ccnn1Cc1ccccc1)c1ccccc1. The van der Waals surface area contributed by atoms with Gasteiger partial charge in [-0.1, -0.05) is 54.5 Å². The summed E-state index contributed by atoms with van der Waals surface area (Å²) in [5, 5.41) is 4.34. The summed E-state index contributed by atoms with van der Waals surface area (Å²) in [5.41, 5.74) is 3.16. The highest BCUT2D eigenvalue weighted by Gasteiger charge is 2.00. The number of nitrogens with zero attached hydrogens (tertiary/aromatic N) is 2.